The Morgan fingerprint density at radius 1 is 0.909 bits per heavy atom. The predicted molar refractivity (Wildman–Crippen MR) is 44.3 cm³/mol. The third-order valence-electron chi connectivity index (χ3n) is 3.48. The van der Waals surface area contributed by atoms with Gasteiger partial charge in [0.1, 0.15) is 5.67 Å². The summed E-state index contributed by atoms with van der Waals surface area (Å²) in [6.07, 6.45) is 8.60. The summed E-state index contributed by atoms with van der Waals surface area (Å²) >= 11 is 0. The molecule has 1 heteroatoms. The van der Waals surface area contributed by atoms with E-state index < -0.39 is 5.67 Å². The van der Waals surface area contributed by atoms with Gasteiger partial charge in [0.05, 0.1) is 0 Å². The van der Waals surface area contributed by atoms with Crippen molar-refractivity contribution in [1.82, 2.24) is 0 Å². The van der Waals surface area contributed by atoms with E-state index in [1.807, 2.05) is 0 Å². The SMILES string of the molecule is FC12CCCC(CCC1)CC2. The number of hydrogen-bond donors (Lipinski definition) is 0. The maximum absolute atomic E-state index is 13.9. The fourth-order valence-electron chi connectivity index (χ4n) is 2.69. The summed E-state index contributed by atoms with van der Waals surface area (Å²) in [6.45, 7) is 0. The first-order chi connectivity index (χ1) is 5.29. The molecule has 0 nitrogen and oxygen atoms in total. The summed E-state index contributed by atoms with van der Waals surface area (Å²) in [5.41, 5.74) is -0.745. The maximum Gasteiger partial charge on any atom is 0.111 e. The van der Waals surface area contributed by atoms with Crippen LogP contribution in [0.25, 0.3) is 0 Å². The van der Waals surface area contributed by atoms with E-state index in [1.165, 1.54) is 12.8 Å². The van der Waals surface area contributed by atoms with Crippen molar-refractivity contribution in [3.8, 4) is 0 Å². The molecule has 2 rings (SSSR count). The average Bonchev–Trinajstić information content (AvgIpc) is 2.19. The highest BCUT2D eigenvalue weighted by Crippen LogP contribution is 2.42. The van der Waals surface area contributed by atoms with Crippen molar-refractivity contribution in [2.24, 2.45) is 5.92 Å². The monoisotopic (exact) mass is 156 g/mol. The lowest BCUT2D eigenvalue weighted by Crippen LogP contribution is -2.20. The van der Waals surface area contributed by atoms with E-state index in [-0.39, 0.29) is 0 Å². The van der Waals surface area contributed by atoms with Gasteiger partial charge in [-0.2, -0.15) is 0 Å². The number of alkyl halides is 1. The summed E-state index contributed by atoms with van der Waals surface area (Å²) in [5.74, 6) is 0.870. The van der Waals surface area contributed by atoms with Crippen molar-refractivity contribution in [1.29, 1.82) is 0 Å². The number of rotatable bonds is 0. The van der Waals surface area contributed by atoms with Crippen LogP contribution in [-0.2, 0) is 0 Å². The average molecular weight is 156 g/mol. The molecule has 2 saturated carbocycles. The summed E-state index contributed by atoms with van der Waals surface area (Å²) < 4.78 is 13.9. The minimum Gasteiger partial charge on any atom is -0.244 e. The van der Waals surface area contributed by atoms with Gasteiger partial charge in [-0.1, -0.05) is 12.8 Å². The number of halogens is 1. The van der Waals surface area contributed by atoms with E-state index in [2.05, 4.69) is 0 Å². The summed E-state index contributed by atoms with van der Waals surface area (Å²) in [7, 11) is 0. The summed E-state index contributed by atoms with van der Waals surface area (Å²) in [4.78, 5) is 0. The Kier molecular flexibility index (Phi) is 1.90. The molecule has 0 aromatic carbocycles. The highest BCUT2D eigenvalue weighted by Gasteiger charge is 2.35. The second-order valence-corrected chi connectivity index (χ2v) is 4.34. The van der Waals surface area contributed by atoms with E-state index in [9.17, 15) is 4.39 Å². The molecule has 2 aliphatic carbocycles. The normalized spacial score (nSPS) is 45.0. The Bertz CT molecular complexity index is 132. The Balaban J connectivity index is 2.10. The second-order valence-electron chi connectivity index (χ2n) is 4.34. The van der Waals surface area contributed by atoms with Crippen molar-refractivity contribution in [3.63, 3.8) is 0 Å². The van der Waals surface area contributed by atoms with E-state index in [0.717, 1.165) is 44.4 Å². The molecule has 11 heavy (non-hydrogen) atoms. The molecule has 0 aromatic rings. The minimum atomic E-state index is -0.745. The van der Waals surface area contributed by atoms with Gasteiger partial charge in [-0.3, -0.25) is 0 Å². The first-order valence-corrected chi connectivity index (χ1v) is 4.97. The number of fused-ring (bicyclic) bond motifs is 3. The van der Waals surface area contributed by atoms with Gasteiger partial charge in [0, 0.05) is 0 Å². The van der Waals surface area contributed by atoms with Crippen molar-refractivity contribution in [2.75, 3.05) is 0 Å². The first-order valence-electron chi connectivity index (χ1n) is 4.97. The van der Waals surface area contributed by atoms with Gasteiger partial charge >= 0.3 is 0 Å². The quantitative estimate of drug-likeness (QED) is 0.504. The van der Waals surface area contributed by atoms with Gasteiger partial charge in [0.2, 0.25) is 0 Å². The van der Waals surface area contributed by atoms with Gasteiger partial charge < -0.3 is 0 Å². The molecule has 2 fully saturated rings. The molecule has 0 aliphatic heterocycles. The third-order valence-corrected chi connectivity index (χ3v) is 3.48. The van der Waals surface area contributed by atoms with Crippen LogP contribution in [0, 0.1) is 5.92 Å². The van der Waals surface area contributed by atoms with Crippen LogP contribution in [0.15, 0.2) is 0 Å². The smallest absolute Gasteiger partial charge is 0.111 e. The van der Waals surface area contributed by atoms with Crippen LogP contribution < -0.4 is 0 Å². The van der Waals surface area contributed by atoms with Crippen LogP contribution in [0.1, 0.15) is 51.4 Å². The van der Waals surface area contributed by atoms with Crippen molar-refractivity contribution >= 4 is 0 Å². The maximum atomic E-state index is 13.9. The molecule has 0 saturated heterocycles. The van der Waals surface area contributed by atoms with Crippen molar-refractivity contribution in [2.45, 2.75) is 57.0 Å². The Labute approximate surface area is 68.2 Å². The fraction of sp³-hybridized carbons (Fsp3) is 1.00. The molecule has 0 amide bonds. The molecule has 0 unspecified atom stereocenters. The van der Waals surface area contributed by atoms with Gasteiger partial charge in [-0.05, 0) is 44.4 Å². The second kappa shape index (κ2) is 2.76. The zero-order valence-electron chi connectivity index (χ0n) is 7.11. The third kappa shape index (κ3) is 1.57. The molecule has 0 radical (unpaired) electrons. The Morgan fingerprint density at radius 2 is 1.55 bits per heavy atom. The molecule has 0 spiro atoms. The van der Waals surface area contributed by atoms with E-state index in [1.54, 1.807) is 0 Å². The largest absolute Gasteiger partial charge is 0.244 e. The molecular weight excluding hydrogens is 139 g/mol. The summed E-state index contributed by atoms with van der Waals surface area (Å²) in [5, 5.41) is 0. The summed E-state index contributed by atoms with van der Waals surface area (Å²) in [6, 6.07) is 0. The minimum absolute atomic E-state index is 0.745. The predicted octanol–water partition coefficient (Wildman–Crippen LogP) is 3.46. The first kappa shape index (κ1) is 7.57. The van der Waals surface area contributed by atoms with Crippen LogP contribution >= 0.6 is 0 Å². The van der Waals surface area contributed by atoms with Gasteiger partial charge in [0.25, 0.3) is 0 Å². The van der Waals surface area contributed by atoms with Crippen molar-refractivity contribution in [3.05, 3.63) is 0 Å². The lowest BCUT2D eigenvalue weighted by molar-refractivity contribution is 0.128. The van der Waals surface area contributed by atoms with Crippen LogP contribution in [-0.4, -0.2) is 5.67 Å². The van der Waals surface area contributed by atoms with Crippen LogP contribution in [0.2, 0.25) is 0 Å². The standard InChI is InChI=1S/C10H17F/c11-10-6-1-3-9(5-8-10)4-2-7-10/h9H,1-8H2. The highest BCUT2D eigenvalue weighted by atomic mass is 19.1. The molecule has 2 aliphatic rings. The molecule has 0 atom stereocenters. The van der Waals surface area contributed by atoms with Crippen LogP contribution in [0.3, 0.4) is 0 Å². The molecule has 0 heterocycles. The lowest BCUT2D eigenvalue weighted by Gasteiger charge is -2.22. The van der Waals surface area contributed by atoms with E-state index in [0.29, 0.717) is 0 Å². The van der Waals surface area contributed by atoms with Crippen LogP contribution in [0.5, 0.6) is 0 Å². The van der Waals surface area contributed by atoms with Crippen molar-refractivity contribution < 1.29 is 4.39 Å². The highest BCUT2D eigenvalue weighted by molar-refractivity contribution is 4.87. The molecule has 2 bridgehead atoms. The van der Waals surface area contributed by atoms with Crippen LogP contribution in [0.4, 0.5) is 4.39 Å². The zero-order chi connectivity index (χ0) is 7.73. The molecule has 0 N–H and O–H groups in total. The molecule has 64 valence electrons. The van der Waals surface area contributed by atoms with E-state index >= 15 is 0 Å². The van der Waals surface area contributed by atoms with Gasteiger partial charge in [-0.15, -0.1) is 0 Å². The molecular formula is C10H17F. The Morgan fingerprint density at radius 3 is 2.18 bits per heavy atom. The van der Waals surface area contributed by atoms with Gasteiger partial charge in [-0.25, -0.2) is 4.39 Å². The Hall–Kier alpha value is -0.0700. The fourth-order valence-corrected chi connectivity index (χ4v) is 2.69. The van der Waals surface area contributed by atoms with Gasteiger partial charge in [0.15, 0.2) is 0 Å². The molecule has 0 aromatic heterocycles. The lowest BCUT2D eigenvalue weighted by atomic mass is 9.90. The topological polar surface area (TPSA) is 0 Å². The van der Waals surface area contributed by atoms with E-state index in [4.69, 9.17) is 0 Å². The zero-order valence-corrected chi connectivity index (χ0v) is 7.11. The number of hydrogen-bond acceptors (Lipinski definition) is 0.